The van der Waals surface area contributed by atoms with Crippen molar-refractivity contribution >= 4 is 11.5 Å². The Bertz CT molecular complexity index is 611. The van der Waals surface area contributed by atoms with E-state index in [0.29, 0.717) is 24.5 Å². The Morgan fingerprint density at radius 2 is 1.95 bits per heavy atom. The highest BCUT2D eigenvalue weighted by molar-refractivity contribution is 5.47. The van der Waals surface area contributed by atoms with Crippen LogP contribution in [-0.4, -0.2) is 9.91 Å². The fraction of sp³-hybridized carbons (Fsp3) is 0.214. The fourth-order valence-electron chi connectivity index (χ4n) is 1.82. The third-order valence-electron chi connectivity index (χ3n) is 3.01. The van der Waals surface area contributed by atoms with E-state index in [9.17, 15) is 10.1 Å². The van der Waals surface area contributed by atoms with Gasteiger partial charge >= 0.3 is 0 Å². The lowest BCUT2D eigenvalue weighted by Gasteiger charge is -2.07. The van der Waals surface area contributed by atoms with Crippen molar-refractivity contribution in [3.05, 3.63) is 63.3 Å². The number of nitrogens with zero attached hydrogens (tertiary/aromatic N) is 2. The molecule has 0 aliphatic rings. The van der Waals surface area contributed by atoms with Crippen LogP contribution in [0.15, 0.2) is 36.5 Å². The summed E-state index contributed by atoms with van der Waals surface area (Å²) in [6.07, 6.45) is 1.27. The van der Waals surface area contributed by atoms with Gasteiger partial charge in [-0.15, -0.1) is 0 Å². The zero-order valence-corrected chi connectivity index (χ0v) is 11.2. The Kier molecular flexibility index (Phi) is 4.27. The molecule has 0 amide bonds. The van der Waals surface area contributed by atoms with Crippen LogP contribution in [0, 0.1) is 17.0 Å². The summed E-state index contributed by atoms with van der Waals surface area (Å²) < 4.78 is 0. The number of benzene rings is 1. The molecule has 0 saturated carbocycles. The monoisotopic (exact) mass is 272 g/mol. The molecule has 0 fully saturated rings. The molecule has 0 aliphatic carbocycles. The molecule has 0 radical (unpaired) electrons. The highest BCUT2D eigenvalue weighted by Gasteiger charge is 2.11. The number of hydrogen-bond donors (Lipinski definition) is 2. The van der Waals surface area contributed by atoms with Gasteiger partial charge in [0.25, 0.3) is 5.69 Å². The molecule has 0 unspecified atom stereocenters. The molecule has 104 valence electrons. The number of rotatable bonds is 5. The smallest absolute Gasteiger partial charge is 0.290 e. The number of aryl methyl sites for hydroxylation is 1. The quantitative estimate of drug-likeness (QED) is 0.643. The van der Waals surface area contributed by atoms with E-state index >= 15 is 0 Å². The van der Waals surface area contributed by atoms with E-state index in [0.717, 1.165) is 11.1 Å². The first-order valence-corrected chi connectivity index (χ1v) is 6.23. The van der Waals surface area contributed by atoms with Gasteiger partial charge in [0, 0.05) is 18.7 Å². The van der Waals surface area contributed by atoms with Crippen molar-refractivity contribution in [1.82, 2.24) is 4.98 Å². The van der Waals surface area contributed by atoms with Crippen molar-refractivity contribution in [2.75, 3.05) is 5.32 Å². The van der Waals surface area contributed by atoms with E-state index in [4.69, 9.17) is 5.73 Å². The maximum Gasteiger partial charge on any atom is 0.290 e. The van der Waals surface area contributed by atoms with Crippen LogP contribution in [0.3, 0.4) is 0 Å². The van der Waals surface area contributed by atoms with E-state index in [-0.39, 0.29) is 5.69 Å². The molecule has 0 aliphatic heterocycles. The van der Waals surface area contributed by atoms with Gasteiger partial charge in [-0.25, -0.2) is 4.98 Å². The van der Waals surface area contributed by atoms with Crippen LogP contribution in [-0.2, 0) is 13.1 Å². The van der Waals surface area contributed by atoms with Gasteiger partial charge in [0.15, 0.2) is 0 Å². The van der Waals surface area contributed by atoms with Crippen molar-refractivity contribution in [2.24, 2.45) is 5.73 Å². The average molecular weight is 272 g/mol. The maximum atomic E-state index is 10.7. The first-order valence-electron chi connectivity index (χ1n) is 6.23. The molecule has 20 heavy (non-hydrogen) atoms. The lowest BCUT2D eigenvalue weighted by molar-refractivity contribution is -0.385. The minimum Gasteiger partial charge on any atom is -0.366 e. The Morgan fingerprint density at radius 1 is 1.30 bits per heavy atom. The molecular formula is C14H16N4O2. The Hall–Kier alpha value is -2.47. The predicted octanol–water partition coefficient (Wildman–Crippen LogP) is 2.37. The standard InChI is InChI=1S/C14H16N4O2/c1-10-6-14(17-9-13(10)18(19)20)16-8-12-4-2-11(7-15)3-5-12/h2-6,9H,7-8,15H2,1H3,(H,16,17). The van der Waals surface area contributed by atoms with E-state index < -0.39 is 4.92 Å². The number of aromatic nitrogens is 1. The highest BCUT2D eigenvalue weighted by atomic mass is 16.6. The number of nitrogens with two attached hydrogens (primary N) is 1. The van der Waals surface area contributed by atoms with E-state index in [1.54, 1.807) is 13.0 Å². The number of hydrogen-bond acceptors (Lipinski definition) is 5. The zero-order chi connectivity index (χ0) is 14.5. The van der Waals surface area contributed by atoms with Crippen molar-refractivity contribution in [3.8, 4) is 0 Å². The summed E-state index contributed by atoms with van der Waals surface area (Å²) >= 11 is 0. The summed E-state index contributed by atoms with van der Waals surface area (Å²) in [4.78, 5) is 14.3. The van der Waals surface area contributed by atoms with Crippen LogP contribution in [0.2, 0.25) is 0 Å². The molecule has 0 atom stereocenters. The second kappa shape index (κ2) is 6.12. The molecule has 2 rings (SSSR count). The molecule has 2 aromatic rings. The number of nitrogens with one attached hydrogen (secondary N) is 1. The van der Waals surface area contributed by atoms with Gasteiger partial charge in [0.2, 0.25) is 0 Å². The summed E-state index contributed by atoms with van der Waals surface area (Å²) in [5, 5.41) is 13.8. The third-order valence-corrected chi connectivity index (χ3v) is 3.01. The predicted molar refractivity (Wildman–Crippen MR) is 77.3 cm³/mol. The molecule has 0 bridgehead atoms. The van der Waals surface area contributed by atoms with Crippen molar-refractivity contribution < 1.29 is 4.92 Å². The average Bonchev–Trinajstić information content (AvgIpc) is 2.45. The van der Waals surface area contributed by atoms with E-state index in [1.165, 1.54) is 6.20 Å². The van der Waals surface area contributed by atoms with Crippen LogP contribution >= 0.6 is 0 Å². The van der Waals surface area contributed by atoms with Gasteiger partial charge < -0.3 is 11.1 Å². The Balaban J connectivity index is 2.03. The zero-order valence-electron chi connectivity index (χ0n) is 11.2. The number of anilines is 1. The molecular weight excluding hydrogens is 256 g/mol. The molecule has 1 heterocycles. The summed E-state index contributed by atoms with van der Waals surface area (Å²) in [6, 6.07) is 9.62. The molecule has 0 spiro atoms. The summed E-state index contributed by atoms with van der Waals surface area (Å²) in [5.41, 5.74) is 8.34. The van der Waals surface area contributed by atoms with Crippen LogP contribution in [0.4, 0.5) is 11.5 Å². The topological polar surface area (TPSA) is 94.1 Å². The largest absolute Gasteiger partial charge is 0.366 e. The second-order valence-electron chi connectivity index (χ2n) is 4.49. The lowest BCUT2D eigenvalue weighted by atomic mass is 10.1. The Labute approximate surface area is 116 Å². The molecule has 1 aromatic heterocycles. The van der Waals surface area contributed by atoms with Gasteiger partial charge in [0.05, 0.1) is 4.92 Å². The first-order chi connectivity index (χ1) is 9.60. The molecule has 0 saturated heterocycles. The fourth-order valence-corrected chi connectivity index (χ4v) is 1.82. The van der Waals surface area contributed by atoms with Crippen LogP contribution < -0.4 is 11.1 Å². The maximum absolute atomic E-state index is 10.7. The minimum atomic E-state index is -0.433. The van der Waals surface area contributed by atoms with Crippen LogP contribution in [0.25, 0.3) is 0 Å². The van der Waals surface area contributed by atoms with Crippen molar-refractivity contribution in [3.63, 3.8) is 0 Å². The summed E-state index contributed by atoms with van der Waals surface area (Å²) in [7, 11) is 0. The molecule has 6 nitrogen and oxygen atoms in total. The van der Waals surface area contributed by atoms with Crippen LogP contribution in [0.1, 0.15) is 16.7 Å². The van der Waals surface area contributed by atoms with Crippen molar-refractivity contribution in [2.45, 2.75) is 20.0 Å². The SMILES string of the molecule is Cc1cc(NCc2ccc(CN)cc2)ncc1[N+](=O)[O-]. The van der Waals surface area contributed by atoms with E-state index in [1.807, 2.05) is 24.3 Å². The minimum absolute atomic E-state index is 0.0304. The van der Waals surface area contributed by atoms with Gasteiger partial charge in [-0.05, 0) is 24.1 Å². The molecule has 3 N–H and O–H groups in total. The molecule has 6 heteroatoms. The van der Waals surface area contributed by atoms with Gasteiger partial charge in [-0.1, -0.05) is 24.3 Å². The van der Waals surface area contributed by atoms with Gasteiger partial charge in [0.1, 0.15) is 12.0 Å². The van der Waals surface area contributed by atoms with Gasteiger partial charge in [-0.2, -0.15) is 0 Å². The second-order valence-corrected chi connectivity index (χ2v) is 4.49. The van der Waals surface area contributed by atoms with Crippen molar-refractivity contribution in [1.29, 1.82) is 0 Å². The van der Waals surface area contributed by atoms with E-state index in [2.05, 4.69) is 10.3 Å². The van der Waals surface area contributed by atoms with Crippen LogP contribution in [0.5, 0.6) is 0 Å². The number of pyridine rings is 1. The summed E-state index contributed by atoms with van der Waals surface area (Å²) in [6.45, 7) is 2.83. The Morgan fingerprint density at radius 3 is 2.50 bits per heavy atom. The normalized spacial score (nSPS) is 10.3. The highest BCUT2D eigenvalue weighted by Crippen LogP contribution is 2.19. The molecule has 1 aromatic carbocycles. The van der Waals surface area contributed by atoms with Gasteiger partial charge in [-0.3, -0.25) is 10.1 Å². The summed E-state index contributed by atoms with van der Waals surface area (Å²) in [5.74, 6) is 0.621. The lowest BCUT2D eigenvalue weighted by Crippen LogP contribution is -2.03. The third kappa shape index (κ3) is 3.30. The number of nitro groups is 1. The first kappa shape index (κ1) is 14.0.